The summed E-state index contributed by atoms with van der Waals surface area (Å²) in [5.41, 5.74) is 0.965. The van der Waals surface area contributed by atoms with Crippen LogP contribution in [-0.2, 0) is 38.0 Å². The summed E-state index contributed by atoms with van der Waals surface area (Å²) in [5, 5.41) is 23.7. The van der Waals surface area contributed by atoms with Crippen LogP contribution in [0.4, 0.5) is 0 Å². The fourth-order valence-electron chi connectivity index (χ4n) is 9.86. The minimum Gasteiger partial charge on any atom is -0.462 e. The lowest BCUT2D eigenvalue weighted by Gasteiger charge is -2.47. The highest BCUT2D eigenvalue weighted by Crippen LogP contribution is 2.47. The quantitative estimate of drug-likeness (QED) is 0.176. The van der Waals surface area contributed by atoms with Crippen molar-refractivity contribution >= 4 is 5.97 Å². The molecule has 3 fully saturated rings. The minimum atomic E-state index is -1.81. The molecule has 326 valence electrons. The van der Waals surface area contributed by atoms with E-state index in [-0.39, 0.29) is 54.9 Å². The summed E-state index contributed by atoms with van der Waals surface area (Å²) in [6.07, 6.45) is 14.3. The maximum absolute atomic E-state index is 14.3. The SMILES string of the molecule is CO[C@H]1C[C@H](O[C@@H]2/C(C)=C/C[C@@H]3C[C@@H](C[C@]4(C=C[C@H](C)[C@@H](CC(C)C)O4)O3)OC(=O)[C@@H]3C=C(C)[C@@H](O)[C@H]4OC/C(=C\C=C\[C@@H]2C)[C@]43O)O[C@@H](C)[C@@H]1CC#Cc1ccccn1. The lowest BCUT2D eigenvalue weighted by molar-refractivity contribution is -0.296. The molecular weight excluding hydrogens is 763 g/mol. The molecule has 1 aromatic rings. The fraction of sp³-hybridized carbons (Fsp3) is 0.633. The van der Waals surface area contributed by atoms with Gasteiger partial charge in [0.25, 0.3) is 0 Å². The molecule has 2 bridgehead atoms. The summed E-state index contributed by atoms with van der Waals surface area (Å²) in [6.45, 7) is 14.5. The third-order valence-corrected chi connectivity index (χ3v) is 13.3. The molecule has 5 aliphatic heterocycles. The Morgan fingerprint density at radius 1 is 1.05 bits per heavy atom. The fourth-order valence-corrected chi connectivity index (χ4v) is 9.86. The summed E-state index contributed by atoms with van der Waals surface area (Å²) < 4.78 is 45.7. The first-order valence-electron chi connectivity index (χ1n) is 21.9. The van der Waals surface area contributed by atoms with Crippen LogP contribution in [0.25, 0.3) is 0 Å². The van der Waals surface area contributed by atoms with Crippen LogP contribution in [-0.4, -0.2) is 101 Å². The van der Waals surface area contributed by atoms with Crippen molar-refractivity contribution in [2.45, 2.75) is 154 Å². The molecule has 6 heterocycles. The molecule has 3 saturated heterocycles. The molecule has 0 unspecified atom stereocenters. The van der Waals surface area contributed by atoms with Gasteiger partial charge in [-0.25, -0.2) is 4.98 Å². The maximum atomic E-state index is 14.3. The number of aliphatic hydroxyl groups is 2. The number of pyridine rings is 1. The second-order valence-electron chi connectivity index (χ2n) is 18.3. The van der Waals surface area contributed by atoms with E-state index in [1.165, 1.54) is 0 Å². The average Bonchev–Trinajstić information content (AvgIpc) is 3.55. The smallest absolute Gasteiger partial charge is 0.316 e. The maximum Gasteiger partial charge on any atom is 0.316 e. The molecule has 11 heteroatoms. The second-order valence-corrected chi connectivity index (χ2v) is 18.3. The van der Waals surface area contributed by atoms with E-state index in [0.29, 0.717) is 49.2 Å². The Hall–Kier alpha value is -3.44. The number of fused-ring (bicyclic) bond motifs is 2. The van der Waals surface area contributed by atoms with E-state index in [1.54, 1.807) is 32.4 Å². The number of rotatable bonds is 6. The number of hydrogen-bond donors (Lipinski definition) is 2. The van der Waals surface area contributed by atoms with Crippen LogP contribution in [0.2, 0.25) is 0 Å². The highest BCUT2D eigenvalue weighted by atomic mass is 16.7. The Bertz CT molecular complexity index is 1890. The number of esters is 1. The van der Waals surface area contributed by atoms with Crippen molar-refractivity contribution in [2.75, 3.05) is 13.7 Å². The Labute approximate surface area is 356 Å². The lowest BCUT2D eigenvalue weighted by Crippen LogP contribution is -2.58. The van der Waals surface area contributed by atoms with E-state index in [2.05, 4.69) is 63.6 Å². The number of ether oxygens (including phenoxy) is 7. The zero-order chi connectivity index (χ0) is 42.8. The van der Waals surface area contributed by atoms with Crippen molar-refractivity contribution in [2.24, 2.45) is 29.6 Å². The van der Waals surface area contributed by atoms with Gasteiger partial charge < -0.3 is 43.4 Å². The molecule has 0 radical (unpaired) electrons. The first-order valence-corrected chi connectivity index (χ1v) is 21.9. The van der Waals surface area contributed by atoms with Gasteiger partial charge in [0.05, 0.1) is 37.1 Å². The van der Waals surface area contributed by atoms with Gasteiger partial charge in [-0.3, -0.25) is 4.79 Å². The van der Waals surface area contributed by atoms with Crippen molar-refractivity contribution in [3.05, 3.63) is 89.3 Å². The van der Waals surface area contributed by atoms with Crippen molar-refractivity contribution < 1.29 is 48.2 Å². The number of carbonyl (C=O) groups is 1. The number of aromatic nitrogens is 1. The Morgan fingerprint density at radius 2 is 1.87 bits per heavy atom. The predicted molar refractivity (Wildman–Crippen MR) is 226 cm³/mol. The standard InChI is InChI=1S/C49H65NO10/c1-29(2)23-41-30(3)20-21-48(60-41)27-38-25-37(59-48)19-18-32(5)45(58-43-26-42(54-8)39(34(7)56-43)17-12-16-36-15-9-10-22-50-36)31(4)13-11-14-35-28-55-46-44(51)33(6)24-40(47(52)57-38)49(35,46)53/h9-11,13-15,18,20-22,24,29-31,34,37-46,51,53H,17,19,23,25-28H2,1-8H3/b13-11+,32-18+,35-14+/t30-,31-,34-,37+,38-,39-,40-,41+,42-,43-,44+,45-,46+,48+,49+/m0/s1. The normalized spacial score (nSPS) is 43.1. The van der Waals surface area contributed by atoms with E-state index in [1.807, 2.05) is 43.4 Å². The minimum absolute atomic E-state index is 0.0460. The summed E-state index contributed by atoms with van der Waals surface area (Å²) in [6, 6.07) is 5.70. The number of methoxy groups -OCH3 is 1. The van der Waals surface area contributed by atoms with Crippen LogP contribution in [0.15, 0.2) is 83.6 Å². The first kappa shape index (κ1) is 44.6. The molecule has 60 heavy (non-hydrogen) atoms. The van der Waals surface area contributed by atoms with Gasteiger partial charge in [-0.15, -0.1) is 0 Å². The molecule has 7 rings (SSSR count). The van der Waals surface area contributed by atoms with E-state index >= 15 is 0 Å². The zero-order valence-electron chi connectivity index (χ0n) is 36.5. The second kappa shape index (κ2) is 18.9. The third kappa shape index (κ3) is 9.62. The molecule has 2 N–H and O–H groups in total. The number of hydrogen-bond acceptors (Lipinski definition) is 11. The predicted octanol–water partition coefficient (Wildman–Crippen LogP) is 6.93. The van der Waals surface area contributed by atoms with Crippen molar-refractivity contribution in [3.63, 3.8) is 0 Å². The molecule has 15 atom stereocenters. The highest BCUT2D eigenvalue weighted by molar-refractivity contribution is 5.78. The number of aliphatic hydroxyl groups excluding tert-OH is 1. The molecule has 1 spiro atoms. The molecule has 0 aromatic carbocycles. The van der Waals surface area contributed by atoms with Gasteiger partial charge in [0, 0.05) is 56.7 Å². The largest absolute Gasteiger partial charge is 0.462 e. The number of allylic oxidation sites excluding steroid dienone is 2. The Balaban J connectivity index is 1.19. The lowest BCUT2D eigenvalue weighted by atomic mass is 9.71. The summed E-state index contributed by atoms with van der Waals surface area (Å²) in [7, 11) is 1.73. The Morgan fingerprint density at radius 3 is 2.62 bits per heavy atom. The van der Waals surface area contributed by atoms with Crippen LogP contribution < -0.4 is 0 Å². The van der Waals surface area contributed by atoms with Crippen LogP contribution in [0, 0.1) is 41.4 Å². The molecule has 1 aromatic heterocycles. The molecular formula is C49H65NO10. The average molecular weight is 828 g/mol. The summed E-state index contributed by atoms with van der Waals surface area (Å²) in [5.74, 6) is 4.22. The topological polar surface area (TPSA) is 135 Å². The zero-order valence-corrected chi connectivity index (χ0v) is 36.5. The van der Waals surface area contributed by atoms with E-state index in [0.717, 1.165) is 17.7 Å². The first-order chi connectivity index (χ1) is 28.7. The van der Waals surface area contributed by atoms with Crippen LogP contribution >= 0.6 is 0 Å². The van der Waals surface area contributed by atoms with Crippen LogP contribution in [0.3, 0.4) is 0 Å². The van der Waals surface area contributed by atoms with Gasteiger partial charge >= 0.3 is 5.97 Å². The molecule has 6 aliphatic rings. The van der Waals surface area contributed by atoms with Crippen LogP contribution in [0.1, 0.15) is 92.7 Å². The molecule has 1 aliphatic carbocycles. The van der Waals surface area contributed by atoms with E-state index in [9.17, 15) is 15.0 Å². The van der Waals surface area contributed by atoms with E-state index in [4.69, 9.17) is 33.2 Å². The van der Waals surface area contributed by atoms with Gasteiger partial charge in [-0.05, 0) is 80.4 Å². The van der Waals surface area contributed by atoms with Gasteiger partial charge in [0.2, 0.25) is 0 Å². The van der Waals surface area contributed by atoms with Crippen molar-refractivity contribution in [1.29, 1.82) is 0 Å². The molecule has 0 amide bonds. The number of carbonyl (C=O) groups excluding carboxylic acids is 1. The third-order valence-electron chi connectivity index (χ3n) is 13.3. The summed E-state index contributed by atoms with van der Waals surface area (Å²) >= 11 is 0. The van der Waals surface area contributed by atoms with Gasteiger partial charge in [0.1, 0.15) is 35.5 Å². The summed E-state index contributed by atoms with van der Waals surface area (Å²) in [4.78, 5) is 18.6. The highest BCUT2D eigenvalue weighted by Gasteiger charge is 2.60. The molecule has 11 nitrogen and oxygen atoms in total. The van der Waals surface area contributed by atoms with Gasteiger partial charge in [-0.1, -0.05) is 76.1 Å². The molecule has 0 saturated carbocycles. The van der Waals surface area contributed by atoms with Gasteiger partial charge in [-0.2, -0.15) is 0 Å². The monoisotopic (exact) mass is 827 g/mol. The number of nitrogens with zero attached hydrogens (tertiary/aromatic N) is 1. The van der Waals surface area contributed by atoms with Crippen molar-refractivity contribution in [3.8, 4) is 11.8 Å². The van der Waals surface area contributed by atoms with Crippen molar-refractivity contribution in [1.82, 2.24) is 4.98 Å². The van der Waals surface area contributed by atoms with E-state index < -0.39 is 47.9 Å². The Kier molecular flexibility index (Phi) is 14.0. The van der Waals surface area contributed by atoms with Gasteiger partial charge in [0.15, 0.2) is 12.1 Å². The van der Waals surface area contributed by atoms with Crippen LogP contribution in [0.5, 0.6) is 0 Å².